The molecule has 4 rings (SSSR count). The third-order valence-electron chi connectivity index (χ3n) is 15.2. The van der Waals surface area contributed by atoms with Gasteiger partial charge in [0.25, 0.3) is 16.0 Å². The van der Waals surface area contributed by atoms with Gasteiger partial charge in [0.1, 0.15) is 16.7 Å². The fourth-order valence-electron chi connectivity index (χ4n) is 9.81. The lowest BCUT2D eigenvalue weighted by Crippen LogP contribution is -2.48. The number of carbonyl (C=O) groups excluding carboxylic acids is 2. The molecule has 4 aromatic rings. The highest BCUT2D eigenvalue weighted by atomic mass is 32.2. The lowest BCUT2D eigenvalue weighted by molar-refractivity contribution is -0.432. The number of aliphatic carboxylic acids is 1. The Labute approximate surface area is 678 Å². The Morgan fingerprint density at radius 3 is 0.913 bits per heavy atom. The van der Waals surface area contributed by atoms with E-state index in [1.165, 1.54) is 18.2 Å². The van der Waals surface area contributed by atoms with Crippen molar-refractivity contribution in [2.24, 2.45) is 0 Å². The van der Waals surface area contributed by atoms with E-state index < -0.39 is 51.9 Å². The number of ether oxygens (including phenoxy) is 25. The van der Waals surface area contributed by atoms with Gasteiger partial charge in [-0.3, -0.25) is 18.9 Å². The average Bonchev–Trinajstić information content (AvgIpc) is 0.716. The lowest BCUT2D eigenvalue weighted by atomic mass is 9.93. The summed E-state index contributed by atoms with van der Waals surface area (Å²) in [4.78, 5) is 37.8. The molecule has 0 bridgehead atoms. The minimum absolute atomic E-state index is 0.0286. The molecule has 662 valence electrons. The van der Waals surface area contributed by atoms with Crippen LogP contribution in [0.15, 0.2) is 51.1 Å². The molecule has 6 N–H and O–H groups in total. The summed E-state index contributed by atoms with van der Waals surface area (Å²) >= 11 is 1.00. The van der Waals surface area contributed by atoms with Crippen molar-refractivity contribution in [3.05, 3.63) is 36.4 Å². The number of carboxylic acid groups (broad SMARTS) is 1. The Balaban J connectivity index is 0.804. The van der Waals surface area contributed by atoms with Crippen LogP contribution in [0.25, 0.3) is 32.3 Å². The first-order valence-electron chi connectivity index (χ1n) is 37.7. The molecular weight excluding hydrogens is 1600 g/mol. The Hall–Kier alpha value is -4.46. The van der Waals surface area contributed by atoms with E-state index in [0.717, 1.165) is 6.07 Å². The van der Waals surface area contributed by atoms with Crippen LogP contribution in [0.2, 0.25) is 0 Å². The van der Waals surface area contributed by atoms with Crippen LogP contribution in [0.4, 0.5) is 0 Å². The first-order chi connectivity index (χ1) is 56.5. The van der Waals surface area contributed by atoms with Crippen LogP contribution < -0.4 is 15.4 Å². The Bertz CT molecular complexity index is 3120. The van der Waals surface area contributed by atoms with E-state index in [-0.39, 0.29) is 59.1 Å². The first kappa shape index (κ1) is 103. The van der Waals surface area contributed by atoms with Crippen molar-refractivity contribution in [2.45, 2.75) is 33.6 Å². The minimum atomic E-state index is -4.83. The van der Waals surface area contributed by atoms with Crippen LogP contribution in [-0.4, -0.2) is 383 Å². The van der Waals surface area contributed by atoms with Crippen molar-refractivity contribution in [1.29, 1.82) is 0 Å². The molecular formula is C72H118N2O38S3. The Morgan fingerprint density at radius 2 is 0.635 bits per heavy atom. The van der Waals surface area contributed by atoms with Crippen molar-refractivity contribution in [2.75, 3.05) is 331 Å². The standard InChI is InChI=1S/C72H118N2O38S3/c1-84-10-11-86-14-15-88-18-19-90-22-23-92-26-27-94-30-31-96-34-35-98-38-39-100-42-43-102-46-47-104-50-51-106-54-55-107-53-52-105-49-48-103-45-44-101-41-40-99-37-36-97-33-32-95-29-28-93-25-24-91-21-20-89-17-16-87-13-12-85-9-8-73-72(78)63(6-7-69(76)77)74-68(75)58-108-64-56-65(113-111-109-79)60-3-4-61-66(114-112-110-80)57-67(115(81,82)83)62-5-2-59(64)70(60)71(61)62/h2-5,56-57,63,79-80H,6-55,58H2,1H3,(H,73,78)(H,74,75)(H,76,77)(H,81,82,83). The van der Waals surface area contributed by atoms with Crippen LogP contribution in [0, 0.1) is 0 Å². The van der Waals surface area contributed by atoms with Crippen LogP contribution in [0.5, 0.6) is 5.75 Å². The molecule has 0 saturated carbocycles. The second kappa shape index (κ2) is 72.4. The van der Waals surface area contributed by atoms with Gasteiger partial charge in [-0.25, -0.2) is 10.5 Å². The van der Waals surface area contributed by atoms with Crippen molar-refractivity contribution in [1.82, 2.24) is 10.6 Å². The van der Waals surface area contributed by atoms with Crippen LogP contribution in [0.1, 0.15) is 12.8 Å². The number of amides is 2. The highest BCUT2D eigenvalue weighted by Gasteiger charge is 2.26. The van der Waals surface area contributed by atoms with E-state index in [0.29, 0.717) is 336 Å². The molecule has 2 amide bonds. The number of nitrogens with one attached hydrogen (secondary N) is 2. The van der Waals surface area contributed by atoms with Gasteiger partial charge in [0.15, 0.2) is 6.61 Å². The summed E-state index contributed by atoms with van der Waals surface area (Å²) in [6, 6.07) is 7.44. The maximum atomic E-state index is 13.3. The molecule has 0 saturated heterocycles. The number of methoxy groups -OCH3 is 1. The third-order valence-corrected chi connectivity index (χ3v) is 17.3. The van der Waals surface area contributed by atoms with Crippen LogP contribution in [0.3, 0.4) is 0 Å². The van der Waals surface area contributed by atoms with Gasteiger partial charge in [-0.2, -0.15) is 8.42 Å². The van der Waals surface area contributed by atoms with E-state index in [9.17, 15) is 32.5 Å². The van der Waals surface area contributed by atoms with Gasteiger partial charge in [0, 0.05) is 46.5 Å². The van der Waals surface area contributed by atoms with E-state index >= 15 is 0 Å². The summed E-state index contributed by atoms with van der Waals surface area (Å²) in [5, 5.41) is 41.7. The number of hydrogen-bond donors (Lipinski definition) is 6. The SMILES string of the molecule is COCCOCCOCCOCCOCCOCCOCCOCCOCCOCCOCCOCCOCCOCCOCCOCCOCCOCCOCCOCCOCCOCCOCCOCCNC(=O)C(CCC(=O)O)NC(=O)COc1cc(SOOO)c2ccc3c(SOOO)cc(S(=O)(=O)O)c4ccc1c2c34. The van der Waals surface area contributed by atoms with Crippen molar-refractivity contribution >= 4 is 84.3 Å². The molecule has 0 spiro atoms. The molecule has 1 atom stereocenters. The molecule has 1 unspecified atom stereocenters. The van der Waals surface area contributed by atoms with E-state index in [1.54, 1.807) is 19.2 Å². The lowest BCUT2D eigenvalue weighted by Gasteiger charge is -2.20. The zero-order valence-electron chi connectivity index (χ0n) is 65.5. The number of rotatable bonds is 87. The highest BCUT2D eigenvalue weighted by Crippen LogP contribution is 2.47. The van der Waals surface area contributed by atoms with E-state index in [2.05, 4.69) is 25.0 Å². The number of carbonyl (C=O) groups is 3. The van der Waals surface area contributed by atoms with E-state index in [1.807, 2.05) is 0 Å². The molecule has 0 aromatic heterocycles. The smallest absolute Gasteiger partial charge is 0.303 e. The quantitative estimate of drug-likeness (QED) is 0.00919. The van der Waals surface area contributed by atoms with Gasteiger partial charge in [0.2, 0.25) is 5.91 Å². The van der Waals surface area contributed by atoms with Crippen LogP contribution in [-0.2, 0) is 157 Å². The zero-order valence-corrected chi connectivity index (χ0v) is 67.9. The third kappa shape index (κ3) is 52.4. The molecule has 0 fully saturated rings. The molecule has 43 heteroatoms. The molecule has 0 aliphatic rings. The molecule has 0 radical (unpaired) electrons. The van der Waals surface area contributed by atoms with Crippen molar-refractivity contribution in [3.8, 4) is 5.75 Å². The molecule has 0 aliphatic heterocycles. The highest BCUT2D eigenvalue weighted by molar-refractivity contribution is 7.95. The minimum Gasteiger partial charge on any atom is -0.483 e. The predicted octanol–water partition coefficient (Wildman–Crippen LogP) is 3.56. The molecule has 0 aliphatic carbocycles. The molecule has 40 nitrogen and oxygen atoms in total. The van der Waals surface area contributed by atoms with Gasteiger partial charge >= 0.3 is 5.97 Å². The Morgan fingerprint density at radius 1 is 0.374 bits per heavy atom. The maximum absolute atomic E-state index is 13.3. The second-order valence-electron chi connectivity index (χ2n) is 23.5. The van der Waals surface area contributed by atoms with Gasteiger partial charge in [-0.1, -0.05) is 28.3 Å². The topological polar surface area (TPSA) is 458 Å². The molecule has 4 aromatic carbocycles. The molecule has 115 heavy (non-hydrogen) atoms. The van der Waals surface area contributed by atoms with Gasteiger partial charge in [-0.05, 0) is 35.4 Å². The van der Waals surface area contributed by atoms with Gasteiger partial charge in [0.05, 0.1) is 340 Å². The summed E-state index contributed by atoms with van der Waals surface area (Å²) < 4.78 is 182. The summed E-state index contributed by atoms with van der Waals surface area (Å²) in [6.45, 7) is 20.0. The second-order valence-corrected chi connectivity index (χ2v) is 26.3. The van der Waals surface area contributed by atoms with Crippen LogP contribution >= 0.6 is 24.1 Å². The number of benzene rings is 4. The van der Waals surface area contributed by atoms with Gasteiger partial charge < -0.3 is 134 Å². The predicted molar refractivity (Wildman–Crippen MR) is 409 cm³/mol. The monoisotopic (exact) mass is 1710 g/mol. The summed E-state index contributed by atoms with van der Waals surface area (Å²) in [6.07, 6.45) is -0.707. The fourth-order valence-corrected chi connectivity index (χ4v) is 11.6. The largest absolute Gasteiger partial charge is 0.483 e. The normalized spacial score (nSPS) is 12.2. The van der Waals surface area contributed by atoms with Crippen molar-refractivity contribution < 1.29 is 180 Å². The van der Waals surface area contributed by atoms with Gasteiger partial charge in [-0.15, -0.1) is 8.67 Å². The summed E-state index contributed by atoms with van der Waals surface area (Å²) in [5.74, 6) is -2.63. The zero-order chi connectivity index (χ0) is 82.2. The average molecular weight is 1720 g/mol. The van der Waals surface area contributed by atoms with Crippen molar-refractivity contribution in [3.63, 3.8) is 0 Å². The fraction of sp³-hybridized carbons (Fsp3) is 0.736. The molecule has 0 heterocycles. The first-order valence-corrected chi connectivity index (χ1v) is 40.7. The number of hydrogen-bond acceptors (Lipinski definition) is 38. The maximum Gasteiger partial charge on any atom is 0.303 e. The van der Waals surface area contributed by atoms with E-state index in [4.69, 9.17) is 133 Å². The Kier molecular flexibility index (Phi) is 64.7. The summed E-state index contributed by atoms with van der Waals surface area (Å²) in [7, 11) is -3.20. The number of carboxylic acids is 1. The summed E-state index contributed by atoms with van der Waals surface area (Å²) in [5.41, 5.74) is 0.